The summed E-state index contributed by atoms with van der Waals surface area (Å²) >= 11 is 4.00. The number of nitrogens with zero attached hydrogens (tertiary/aromatic N) is 1. The smallest absolute Gasteiger partial charge is 0.251 e. The number of carbonyl (C=O) groups excluding carboxylic acids is 1. The molecular formula is C21H26N2OS2. The minimum Gasteiger partial charge on any atom is -0.350 e. The van der Waals surface area contributed by atoms with Crippen LogP contribution < -0.4 is 5.32 Å². The lowest BCUT2D eigenvalue weighted by Crippen LogP contribution is -2.34. The second-order valence-electron chi connectivity index (χ2n) is 6.65. The topological polar surface area (TPSA) is 32.3 Å². The summed E-state index contributed by atoms with van der Waals surface area (Å²) in [7, 11) is 4.08. The van der Waals surface area contributed by atoms with Crippen molar-refractivity contribution in [1.29, 1.82) is 0 Å². The summed E-state index contributed by atoms with van der Waals surface area (Å²) in [6.45, 7) is 0.589. The summed E-state index contributed by atoms with van der Waals surface area (Å²) in [5.41, 5.74) is 3.25. The fourth-order valence-corrected chi connectivity index (χ4v) is 5.93. The number of hydrogen-bond donors (Lipinski definition) is 1. The summed E-state index contributed by atoms with van der Waals surface area (Å²) in [5, 5.41) is 3.09. The lowest BCUT2D eigenvalue weighted by molar-refractivity contribution is 0.0942. The average Bonchev–Trinajstić information content (AvgIpc) is 2.69. The molecule has 0 spiro atoms. The van der Waals surface area contributed by atoms with E-state index in [1.54, 1.807) is 0 Å². The standard InChI is InChI=1S/C21H26N2OS2/c1-23(2)19(16-7-4-3-5-8-16)15-22-20(24)17-9-11-18(12-10-17)21-25-13-6-14-26-21/h3-5,7-12,19,21H,6,13-15H2,1-2H3,(H,22,24). The van der Waals surface area contributed by atoms with Crippen molar-refractivity contribution in [3.8, 4) is 0 Å². The van der Waals surface area contributed by atoms with Crippen LogP contribution in [0.25, 0.3) is 0 Å². The van der Waals surface area contributed by atoms with E-state index < -0.39 is 0 Å². The first kappa shape index (κ1) is 19.3. The minimum absolute atomic E-state index is 0.0109. The van der Waals surface area contributed by atoms with Gasteiger partial charge in [-0.3, -0.25) is 4.79 Å². The molecule has 2 aromatic rings. The zero-order valence-electron chi connectivity index (χ0n) is 15.4. The molecule has 2 aromatic carbocycles. The molecular weight excluding hydrogens is 360 g/mol. The fraction of sp³-hybridized carbons (Fsp3) is 0.381. The van der Waals surface area contributed by atoms with Gasteiger partial charge in [0, 0.05) is 12.1 Å². The Labute approximate surface area is 164 Å². The predicted molar refractivity (Wildman–Crippen MR) is 114 cm³/mol. The second kappa shape index (κ2) is 9.49. The van der Waals surface area contributed by atoms with Gasteiger partial charge in [0.15, 0.2) is 0 Å². The molecule has 3 rings (SSSR count). The van der Waals surface area contributed by atoms with Gasteiger partial charge in [-0.15, -0.1) is 23.5 Å². The van der Waals surface area contributed by atoms with Crippen LogP contribution in [0.3, 0.4) is 0 Å². The summed E-state index contributed by atoms with van der Waals surface area (Å²) < 4.78 is 0.511. The Balaban J connectivity index is 1.60. The van der Waals surface area contributed by atoms with Gasteiger partial charge in [-0.05, 0) is 55.3 Å². The summed E-state index contributed by atoms with van der Waals surface area (Å²) in [6.07, 6.45) is 1.29. The fourth-order valence-electron chi connectivity index (χ4n) is 3.04. The first-order valence-corrected chi connectivity index (χ1v) is 11.1. The Morgan fingerprint density at radius 1 is 1.08 bits per heavy atom. The SMILES string of the molecule is CN(C)C(CNC(=O)c1ccc(C2SCCCS2)cc1)c1ccccc1. The van der Waals surface area contributed by atoms with Crippen LogP contribution in [0.4, 0.5) is 0 Å². The van der Waals surface area contributed by atoms with Crippen molar-refractivity contribution < 1.29 is 4.79 Å². The lowest BCUT2D eigenvalue weighted by Gasteiger charge is -2.25. The highest BCUT2D eigenvalue weighted by atomic mass is 32.2. The molecule has 1 aliphatic rings. The molecule has 0 bridgehead atoms. The number of hydrogen-bond acceptors (Lipinski definition) is 4. The van der Waals surface area contributed by atoms with E-state index in [0.717, 1.165) is 5.56 Å². The van der Waals surface area contributed by atoms with E-state index in [9.17, 15) is 4.79 Å². The van der Waals surface area contributed by atoms with Gasteiger partial charge in [-0.25, -0.2) is 0 Å². The van der Waals surface area contributed by atoms with E-state index in [1.807, 2.05) is 68.0 Å². The van der Waals surface area contributed by atoms with Crippen molar-refractivity contribution in [3.05, 3.63) is 71.3 Å². The molecule has 138 valence electrons. The molecule has 1 atom stereocenters. The number of amides is 1. The second-order valence-corrected chi connectivity index (χ2v) is 9.37. The molecule has 1 amide bonds. The maximum Gasteiger partial charge on any atom is 0.251 e. The van der Waals surface area contributed by atoms with Gasteiger partial charge in [-0.1, -0.05) is 42.5 Å². The molecule has 1 saturated heterocycles. The molecule has 0 saturated carbocycles. The minimum atomic E-state index is -0.0109. The van der Waals surface area contributed by atoms with Crippen molar-refractivity contribution >= 4 is 29.4 Å². The van der Waals surface area contributed by atoms with Gasteiger partial charge < -0.3 is 10.2 Å². The number of thioether (sulfide) groups is 2. The molecule has 0 aliphatic carbocycles. The molecule has 5 heteroatoms. The molecule has 1 N–H and O–H groups in total. The summed E-state index contributed by atoms with van der Waals surface area (Å²) in [5.74, 6) is 2.44. The normalized spacial score (nSPS) is 16.4. The van der Waals surface area contributed by atoms with Crippen LogP contribution in [0.15, 0.2) is 54.6 Å². The van der Waals surface area contributed by atoms with Gasteiger partial charge in [0.25, 0.3) is 5.91 Å². The first-order valence-electron chi connectivity index (χ1n) is 8.98. The summed E-state index contributed by atoms with van der Waals surface area (Å²) in [6, 6.07) is 18.6. The van der Waals surface area contributed by atoms with E-state index in [1.165, 1.54) is 29.1 Å². The van der Waals surface area contributed by atoms with Gasteiger partial charge in [0.2, 0.25) is 0 Å². The third-order valence-corrected chi connectivity index (χ3v) is 7.55. The lowest BCUT2D eigenvalue weighted by atomic mass is 10.1. The van der Waals surface area contributed by atoms with E-state index in [2.05, 4.69) is 34.5 Å². The quantitative estimate of drug-likeness (QED) is 0.787. The highest BCUT2D eigenvalue weighted by Gasteiger charge is 2.18. The Hall–Kier alpha value is -1.43. The van der Waals surface area contributed by atoms with E-state index in [0.29, 0.717) is 11.1 Å². The third-order valence-electron chi connectivity index (χ3n) is 4.54. The largest absolute Gasteiger partial charge is 0.350 e. The molecule has 1 aliphatic heterocycles. The van der Waals surface area contributed by atoms with Crippen LogP contribution in [0.5, 0.6) is 0 Å². The first-order chi connectivity index (χ1) is 12.6. The molecule has 26 heavy (non-hydrogen) atoms. The van der Waals surface area contributed by atoms with E-state index in [-0.39, 0.29) is 11.9 Å². The Kier molecular flexibility index (Phi) is 7.06. The zero-order valence-corrected chi connectivity index (χ0v) is 17.0. The van der Waals surface area contributed by atoms with Crippen molar-refractivity contribution in [2.45, 2.75) is 17.0 Å². The van der Waals surface area contributed by atoms with Crippen LogP contribution in [-0.2, 0) is 0 Å². The van der Waals surface area contributed by atoms with Crippen LogP contribution in [0.2, 0.25) is 0 Å². The average molecular weight is 387 g/mol. The molecule has 1 heterocycles. The monoisotopic (exact) mass is 386 g/mol. The number of carbonyl (C=O) groups is 1. The maximum atomic E-state index is 12.6. The molecule has 1 unspecified atom stereocenters. The van der Waals surface area contributed by atoms with Crippen LogP contribution >= 0.6 is 23.5 Å². The van der Waals surface area contributed by atoms with Crippen molar-refractivity contribution in [2.75, 3.05) is 32.1 Å². The third kappa shape index (κ3) is 5.06. The van der Waals surface area contributed by atoms with Gasteiger partial charge in [0.1, 0.15) is 0 Å². The Morgan fingerprint density at radius 2 is 1.73 bits per heavy atom. The maximum absolute atomic E-state index is 12.6. The van der Waals surface area contributed by atoms with Gasteiger partial charge >= 0.3 is 0 Å². The Bertz CT molecular complexity index is 698. The predicted octanol–water partition coefficient (Wildman–Crippen LogP) is 4.59. The van der Waals surface area contributed by atoms with Crippen LogP contribution in [-0.4, -0.2) is 43.0 Å². The molecule has 0 radical (unpaired) electrons. The highest BCUT2D eigenvalue weighted by molar-refractivity contribution is 8.16. The molecule has 3 nitrogen and oxygen atoms in total. The van der Waals surface area contributed by atoms with Crippen LogP contribution in [0.1, 0.15) is 38.5 Å². The van der Waals surface area contributed by atoms with E-state index >= 15 is 0 Å². The molecule has 1 fully saturated rings. The highest BCUT2D eigenvalue weighted by Crippen LogP contribution is 2.43. The van der Waals surface area contributed by atoms with Crippen molar-refractivity contribution in [3.63, 3.8) is 0 Å². The number of benzene rings is 2. The van der Waals surface area contributed by atoms with Gasteiger partial charge in [0.05, 0.1) is 10.6 Å². The zero-order chi connectivity index (χ0) is 18.4. The molecule has 0 aromatic heterocycles. The summed E-state index contributed by atoms with van der Waals surface area (Å²) in [4.78, 5) is 14.7. The number of nitrogens with one attached hydrogen (secondary N) is 1. The van der Waals surface area contributed by atoms with E-state index in [4.69, 9.17) is 0 Å². The number of likely N-dealkylation sites (N-methyl/N-ethyl adjacent to an activating group) is 1. The Morgan fingerprint density at radius 3 is 2.35 bits per heavy atom. The van der Waals surface area contributed by atoms with Gasteiger partial charge in [-0.2, -0.15) is 0 Å². The van der Waals surface area contributed by atoms with Crippen molar-refractivity contribution in [2.24, 2.45) is 0 Å². The number of rotatable bonds is 6. The van der Waals surface area contributed by atoms with Crippen molar-refractivity contribution in [1.82, 2.24) is 10.2 Å². The van der Waals surface area contributed by atoms with Crippen LogP contribution in [0, 0.1) is 0 Å².